The Bertz CT molecular complexity index is 948. The lowest BCUT2D eigenvalue weighted by molar-refractivity contribution is 0.0987. The Hall–Kier alpha value is -2.59. The Morgan fingerprint density at radius 3 is 2.52 bits per heavy atom. The average molecular weight is 380 g/mol. The van der Waals surface area contributed by atoms with E-state index in [-0.39, 0.29) is 5.91 Å². The van der Waals surface area contributed by atoms with Crippen LogP contribution < -0.4 is 4.90 Å². The summed E-state index contributed by atoms with van der Waals surface area (Å²) in [6.07, 6.45) is 4.24. The second kappa shape index (κ2) is 7.57. The number of fused-ring (bicyclic) bond motifs is 1. The van der Waals surface area contributed by atoms with E-state index in [0.717, 1.165) is 48.6 Å². The van der Waals surface area contributed by atoms with Gasteiger partial charge in [-0.25, -0.2) is 4.98 Å². The maximum atomic E-state index is 13.3. The third-order valence-electron chi connectivity index (χ3n) is 5.12. The highest BCUT2D eigenvalue weighted by atomic mass is 35.5. The fourth-order valence-corrected chi connectivity index (χ4v) is 3.76. The number of nitrogens with zero attached hydrogens (tertiary/aromatic N) is 3. The van der Waals surface area contributed by atoms with Crippen molar-refractivity contribution < 1.29 is 4.79 Å². The summed E-state index contributed by atoms with van der Waals surface area (Å²) in [5, 5.41) is 0.696. The van der Waals surface area contributed by atoms with E-state index in [1.165, 1.54) is 6.42 Å². The monoisotopic (exact) mass is 379 g/mol. The van der Waals surface area contributed by atoms with Crippen LogP contribution in [0.25, 0.3) is 11.4 Å². The van der Waals surface area contributed by atoms with Crippen LogP contribution in [0.4, 0.5) is 5.69 Å². The van der Waals surface area contributed by atoms with Gasteiger partial charge in [0.25, 0.3) is 5.91 Å². The van der Waals surface area contributed by atoms with Gasteiger partial charge >= 0.3 is 0 Å². The molecule has 27 heavy (non-hydrogen) atoms. The lowest BCUT2D eigenvalue weighted by Crippen LogP contribution is -2.27. The zero-order chi connectivity index (χ0) is 18.8. The van der Waals surface area contributed by atoms with E-state index in [9.17, 15) is 4.79 Å². The van der Waals surface area contributed by atoms with Crippen molar-refractivity contribution in [3.8, 4) is 11.4 Å². The number of para-hydroxylation sites is 1. The van der Waals surface area contributed by atoms with E-state index in [4.69, 9.17) is 16.6 Å². The number of amides is 1. The molecule has 0 aliphatic carbocycles. The average Bonchev–Trinajstić information content (AvgIpc) is 2.89. The smallest absolute Gasteiger partial charge is 0.278 e. The van der Waals surface area contributed by atoms with Gasteiger partial charge in [-0.1, -0.05) is 36.2 Å². The molecule has 1 aliphatic rings. The summed E-state index contributed by atoms with van der Waals surface area (Å²) in [6, 6.07) is 17.4. The van der Waals surface area contributed by atoms with Gasteiger partial charge in [-0.3, -0.25) is 4.79 Å². The number of aromatic nitrogens is 2. The minimum absolute atomic E-state index is 0.0629. The van der Waals surface area contributed by atoms with Crippen molar-refractivity contribution in [3.05, 3.63) is 71.0 Å². The Morgan fingerprint density at radius 2 is 1.78 bits per heavy atom. The van der Waals surface area contributed by atoms with E-state index in [2.05, 4.69) is 4.57 Å². The number of benzene rings is 2. The van der Waals surface area contributed by atoms with Crippen LogP contribution in [0.5, 0.6) is 0 Å². The first-order chi connectivity index (χ1) is 13.1. The molecule has 0 bridgehead atoms. The summed E-state index contributed by atoms with van der Waals surface area (Å²) in [5.41, 5.74) is 3.47. The molecule has 0 spiro atoms. The number of carbonyl (C=O) groups excluding carboxylic acids is 1. The number of hydrogen-bond acceptors (Lipinski definition) is 2. The largest absolute Gasteiger partial charge is 0.327 e. The molecule has 3 aromatic rings. The standard InChI is InChI=1S/C22H22ClN3O/c1-25(18-8-4-2-5-9-18)22(27)20-19-10-6-3-7-15-26(19)21(24-20)16-11-13-17(23)14-12-16/h2,4-5,8-9,11-14H,3,6-7,10,15H2,1H3. The first-order valence-corrected chi connectivity index (χ1v) is 9.71. The molecule has 0 saturated heterocycles. The number of anilines is 1. The molecule has 2 heterocycles. The van der Waals surface area contributed by atoms with Crippen LogP contribution in [-0.4, -0.2) is 22.5 Å². The molecular formula is C22H22ClN3O. The molecule has 1 amide bonds. The van der Waals surface area contributed by atoms with Gasteiger partial charge in [0.2, 0.25) is 0 Å². The van der Waals surface area contributed by atoms with Crippen molar-refractivity contribution in [1.29, 1.82) is 0 Å². The number of imidazole rings is 1. The molecule has 4 rings (SSSR count). The second-order valence-electron chi connectivity index (χ2n) is 6.90. The van der Waals surface area contributed by atoms with E-state index in [1.807, 2.05) is 61.6 Å². The molecule has 5 heteroatoms. The van der Waals surface area contributed by atoms with Crippen molar-refractivity contribution in [1.82, 2.24) is 9.55 Å². The lowest BCUT2D eigenvalue weighted by Gasteiger charge is -2.17. The van der Waals surface area contributed by atoms with Gasteiger partial charge in [-0.15, -0.1) is 0 Å². The summed E-state index contributed by atoms with van der Waals surface area (Å²) in [4.78, 5) is 19.7. The van der Waals surface area contributed by atoms with Crippen molar-refractivity contribution in [2.24, 2.45) is 0 Å². The molecule has 138 valence electrons. The van der Waals surface area contributed by atoms with E-state index in [0.29, 0.717) is 10.7 Å². The highest BCUT2D eigenvalue weighted by molar-refractivity contribution is 6.30. The minimum atomic E-state index is -0.0629. The van der Waals surface area contributed by atoms with Crippen LogP contribution in [0.1, 0.15) is 35.4 Å². The van der Waals surface area contributed by atoms with Gasteiger partial charge in [-0.2, -0.15) is 0 Å². The normalized spacial score (nSPS) is 13.7. The number of hydrogen-bond donors (Lipinski definition) is 0. The first kappa shape index (κ1) is 17.8. The zero-order valence-corrected chi connectivity index (χ0v) is 16.1. The van der Waals surface area contributed by atoms with Crippen LogP contribution in [0.3, 0.4) is 0 Å². The minimum Gasteiger partial charge on any atom is -0.327 e. The van der Waals surface area contributed by atoms with Crippen LogP contribution >= 0.6 is 11.6 Å². The third kappa shape index (κ3) is 3.50. The first-order valence-electron chi connectivity index (χ1n) is 9.33. The van der Waals surface area contributed by atoms with Crippen LogP contribution in [0.2, 0.25) is 5.02 Å². The molecule has 0 saturated carbocycles. The van der Waals surface area contributed by atoms with E-state index < -0.39 is 0 Å². The Morgan fingerprint density at radius 1 is 1.04 bits per heavy atom. The fraction of sp³-hybridized carbons (Fsp3) is 0.273. The van der Waals surface area contributed by atoms with Gasteiger partial charge in [-0.05, 0) is 55.7 Å². The Balaban J connectivity index is 1.78. The third-order valence-corrected chi connectivity index (χ3v) is 5.37. The molecular weight excluding hydrogens is 358 g/mol. The quantitative estimate of drug-likeness (QED) is 0.626. The maximum absolute atomic E-state index is 13.3. The summed E-state index contributed by atoms with van der Waals surface area (Å²) in [7, 11) is 1.81. The molecule has 1 aliphatic heterocycles. The predicted octanol–water partition coefficient (Wildman–Crippen LogP) is 5.21. The maximum Gasteiger partial charge on any atom is 0.278 e. The fourth-order valence-electron chi connectivity index (χ4n) is 3.64. The van der Waals surface area contributed by atoms with Crippen LogP contribution in [-0.2, 0) is 13.0 Å². The van der Waals surface area contributed by atoms with E-state index in [1.54, 1.807) is 4.90 Å². The number of carbonyl (C=O) groups is 1. The molecule has 1 aromatic heterocycles. The lowest BCUT2D eigenvalue weighted by atomic mass is 10.1. The Kier molecular flexibility index (Phi) is 4.99. The van der Waals surface area contributed by atoms with Gasteiger partial charge in [0, 0.05) is 29.9 Å². The molecule has 2 aromatic carbocycles. The summed E-state index contributed by atoms with van der Waals surface area (Å²) in [5.74, 6) is 0.792. The van der Waals surface area contributed by atoms with Gasteiger partial charge in [0.15, 0.2) is 5.69 Å². The zero-order valence-electron chi connectivity index (χ0n) is 15.4. The highest BCUT2D eigenvalue weighted by Gasteiger charge is 2.26. The van der Waals surface area contributed by atoms with Crippen molar-refractivity contribution >= 4 is 23.2 Å². The predicted molar refractivity (Wildman–Crippen MR) is 109 cm³/mol. The van der Waals surface area contributed by atoms with Crippen molar-refractivity contribution in [2.75, 3.05) is 11.9 Å². The van der Waals surface area contributed by atoms with Crippen molar-refractivity contribution in [3.63, 3.8) is 0 Å². The van der Waals surface area contributed by atoms with Crippen LogP contribution in [0.15, 0.2) is 54.6 Å². The molecule has 4 nitrogen and oxygen atoms in total. The molecule has 0 fully saturated rings. The SMILES string of the molecule is CN(C(=O)c1nc(-c2ccc(Cl)cc2)n2c1CCCCC2)c1ccccc1. The molecule has 0 N–H and O–H groups in total. The van der Waals surface area contributed by atoms with E-state index >= 15 is 0 Å². The topological polar surface area (TPSA) is 38.1 Å². The van der Waals surface area contributed by atoms with Crippen molar-refractivity contribution in [2.45, 2.75) is 32.2 Å². The summed E-state index contributed by atoms with van der Waals surface area (Å²) in [6.45, 7) is 0.891. The molecule has 0 unspecified atom stereocenters. The van der Waals surface area contributed by atoms with Gasteiger partial charge in [0.1, 0.15) is 5.82 Å². The second-order valence-corrected chi connectivity index (χ2v) is 7.34. The summed E-state index contributed by atoms with van der Waals surface area (Å²) < 4.78 is 2.22. The number of halogens is 1. The van der Waals surface area contributed by atoms with Gasteiger partial charge in [0.05, 0.1) is 5.69 Å². The van der Waals surface area contributed by atoms with Crippen LogP contribution in [0, 0.1) is 0 Å². The van der Waals surface area contributed by atoms with Gasteiger partial charge < -0.3 is 9.47 Å². The number of rotatable bonds is 3. The highest BCUT2D eigenvalue weighted by Crippen LogP contribution is 2.29. The Labute approximate surface area is 164 Å². The molecule has 0 atom stereocenters. The summed E-state index contributed by atoms with van der Waals surface area (Å²) >= 11 is 6.05. The molecule has 0 radical (unpaired) electrons.